The van der Waals surface area contributed by atoms with Crippen LogP contribution in [0.1, 0.15) is 39.0 Å². The third-order valence-electron chi connectivity index (χ3n) is 5.68. The number of halogens is 1. The summed E-state index contributed by atoms with van der Waals surface area (Å²) >= 11 is 0. The maximum atomic E-state index is 13.8. The highest BCUT2D eigenvalue weighted by Gasteiger charge is 2.35. The van der Waals surface area contributed by atoms with E-state index >= 15 is 0 Å². The van der Waals surface area contributed by atoms with Crippen molar-refractivity contribution in [3.63, 3.8) is 0 Å². The van der Waals surface area contributed by atoms with Crippen LogP contribution in [-0.4, -0.2) is 14.2 Å². The number of ketones is 1. The summed E-state index contributed by atoms with van der Waals surface area (Å²) in [6, 6.07) is 28.8. The van der Waals surface area contributed by atoms with Gasteiger partial charge in [-0.2, -0.15) is 0 Å². The van der Waals surface area contributed by atoms with Gasteiger partial charge in [-0.3, -0.25) is 4.79 Å². The molecule has 4 nitrogen and oxygen atoms in total. The first-order valence-corrected chi connectivity index (χ1v) is 12.3. The number of hydrogen-bond acceptors (Lipinski definition) is 3. The zero-order valence-corrected chi connectivity index (χ0v) is 19.4. The van der Waals surface area contributed by atoms with Crippen LogP contribution in [-0.2, 0) is 10.0 Å². The van der Waals surface area contributed by atoms with E-state index in [-0.39, 0.29) is 10.7 Å². The predicted molar refractivity (Wildman–Crippen MR) is 131 cm³/mol. The Bertz CT molecular complexity index is 1360. The molecule has 2 atom stereocenters. The molecule has 6 heteroatoms. The molecule has 4 rings (SSSR count). The van der Waals surface area contributed by atoms with Gasteiger partial charge in [0.25, 0.3) is 0 Å². The van der Waals surface area contributed by atoms with E-state index in [0.29, 0.717) is 16.7 Å². The highest BCUT2D eigenvalue weighted by atomic mass is 32.2. The van der Waals surface area contributed by atoms with Crippen LogP contribution in [0.25, 0.3) is 0 Å². The maximum absolute atomic E-state index is 13.8. The Balaban J connectivity index is 1.86. The highest BCUT2D eigenvalue weighted by Crippen LogP contribution is 2.35. The fourth-order valence-corrected chi connectivity index (χ4v) is 5.13. The number of nitrogens with one attached hydrogen (secondary N) is 1. The lowest BCUT2D eigenvalue weighted by atomic mass is 9.82. The van der Waals surface area contributed by atoms with Crippen LogP contribution in [0.3, 0.4) is 0 Å². The molecule has 0 saturated carbocycles. The van der Waals surface area contributed by atoms with Gasteiger partial charge < -0.3 is 0 Å². The number of carbonyl (C=O) groups excluding carboxylic acids is 1. The fraction of sp³-hybridized carbons (Fsp3) is 0.107. The number of Topliss-reactive ketones (excluding diaryl/α,β-unsaturated/α-hetero) is 1. The average molecular weight is 474 g/mol. The van der Waals surface area contributed by atoms with Crippen LogP contribution >= 0.6 is 0 Å². The molecule has 0 radical (unpaired) electrons. The second-order valence-electron chi connectivity index (χ2n) is 8.08. The molecular weight excluding hydrogens is 449 g/mol. The van der Waals surface area contributed by atoms with Crippen molar-refractivity contribution < 1.29 is 17.6 Å². The quantitative estimate of drug-likeness (QED) is 0.328. The Kier molecular flexibility index (Phi) is 7.01. The minimum Gasteiger partial charge on any atom is -0.293 e. The highest BCUT2D eigenvalue weighted by molar-refractivity contribution is 7.89. The van der Waals surface area contributed by atoms with Crippen molar-refractivity contribution >= 4 is 15.8 Å². The van der Waals surface area contributed by atoms with Crippen molar-refractivity contribution in [1.29, 1.82) is 0 Å². The largest absolute Gasteiger partial charge is 0.293 e. The van der Waals surface area contributed by atoms with Gasteiger partial charge in [-0.15, -0.1) is 0 Å². The topological polar surface area (TPSA) is 63.2 Å². The molecule has 0 spiro atoms. The van der Waals surface area contributed by atoms with Gasteiger partial charge in [0.2, 0.25) is 10.0 Å². The summed E-state index contributed by atoms with van der Waals surface area (Å²) in [5.41, 5.74) is 2.51. The number of benzene rings is 4. The summed E-state index contributed by atoms with van der Waals surface area (Å²) in [5.74, 6) is -1.57. The van der Waals surface area contributed by atoms with Crippen molar-refractivity contribution in [2.24, 2.45) is 0 Å². The first kappa shape index (κ1) is 23.5. The van der Waals surface area contributed by atoms with Crippen molar-refractivity contribution in [1.82, 2.24) is 4.72 Å². The van der Waals surface area contributed by atoms with Gasteiger partial charge in [-0.1, -0.05) is 90.5 Å². The molecule has 0 aliphatic heterocycles. The van der Waals surface area contributed by atoms with Gasteiger partial charge in [0.1, 0.15) is 5.82 Å². The average Bonchev–Trinajstić information content (AvgIpc) is 2.85. The molecule has 0 unspecified atom stereocenters. The number of hydrogen-bond donors (Lipinski definition) is 1. The Labute approximate surface area is 199 Å². The summed E-state index contributed by atoms with van der Waals surface area (Å²) < 4.78 is 43.3. The van der Waals surface area contributed by atoms with E-state index in [1.54, 1.807) is 60.7 Å². The molecule has 0 heterocycles. The molecule has 34 heavy (non-hydrogen) atoms. The molecule has 0 amide bonds. The van der Waals surface area contributed by atoms with E-state index in [9.17, 15) is 17.6 Å². The van der Waals surface area contributed by atoms with Crippen LogP contribution in [0.5, 0.6) is 0 Å². The molecule has 0 aromatic heterocycles. The van der Waals surface area contributed by atoms with Crippen LogP contribution in [0.15, 0.2) is 114 Å². The third kappa shape index (κ3) is 5.30. The van der Waals surface area contributed by atoms with E-state index in [1.807, 2.05) is 19.1 Å². The third-order valence-corrected chi connectivity index (χ3v) is 7.13. The zero-order valence-electron chi connectivity index (χ0n) is 18.6. The minimum absolute atomic E-state index is 0.0872. The van der Waals surface area contributed by atoms with Crippen molar-refractivity contribution in [2.75, 3.05) is 0 Å². The number of sulfonamides is 1. The van der Waals surface area contributed by atoms with Gasteiger partial charge in [-0.25, -0.2) is 17.5 Å². The lowest BCUT2D eigenvalue weighted by Crippen LogP contribution is -2.36. The van der Waals surface area contributed by atoms with Crippen molar-refractivity contribution in [2.45, 2.75) is 23.8 Å². The van der Waals surface area contributed by atoms with Crippen LogP contribution in [0, 0.1) is 12.7 Å². The summed E-state index contributed by atoms with van der Waals surface area (Å²) in [4.78, 5) is 13.9. The molecule has 0 saturated heterocycles. The first-order valence-electron chi connectivity index (χ1n) is 10.8. The molecule has 0 bridgehead atoms. The fourth-order valence-electron chi connectivity index (χ4n) is 3.89. The van der Waals surface area contributed by atoms with E-state index in [1.165, 1.54) is 36.4 Å². The number of carbonyl (C=O) groups is 1. The molecule has 0 aliphatic carbocycles. The van der Waals surface area contributed by atoms with E-state index in [2.05, 4.69) is 4.72 Å². The van der Waals surface area contributed by atoms with Crippen LogP contribution in [0.2, 0.25) is 0 Å². The lowest BCUT2D eigenvalue weighted by Gasteiger charge is -2.28. The Morgan fingerprint density at radius 2 is 1.29 bits per heavy atom. The van der Waals surface area contributed by atoms with E-state index in [0.717, 1.165) is 5.56 Å². The van der Waals surface area contributed by atoms with Crippen LogP contribution < -0.4 is 4.72 Å². The Morgan fingerprint density at radius 3 is 1.88 bits per heavy atom. The molecule has 4 aromatic rings. The minimum atomic E-state index is -4.00. The summed E-state index contributed by atoms with van der Waals surface area (Å²) in [7, 11) is -4.00. The monoisotopic (exact) mass is 473 g/mol. The Hall–Kier alpha value is -3.61. The smallest absolute Gasteiger partial charge is 0.241 e. The second-order valence-corrected chi connectivity index (χ2v) is 9.80. The van der Waals surface area contributed by atoms with Crippen molar-refractivity contribution in [3.05, 3.63) is 137 Å². The normalized spacial score (nSPS) is 13.2. The molecule has 0 fully saturated rings. The number of rotatable bonds is 8. The summed E-state index contributed by atoms with van der Waals surface area (Å²) in [5, 5.41) is 0. The number of aryl methyl sites for hydroxylation is 1. The van der Waals surface area contributed by atoms with Crippen LogP contribution in [0.4, 0.5) is 4.39 Å². The molecule has 0 aliphatic rings. The van der Waals surface area contributed by atoms with E-state index < -0.39 is 27.8 Å². The van der Waals surface area contributed by atoms with Gasteiger partial charge in [0.15, 0.2) is 5.78 Å². The van der Waals surface area contributed by atoms with Gasteiger partial charge in [0, 0.05) is 5.56 Å². The van der Waals surface area contributed by atoms with E-state index in [4.69, 9.17) is 0 Å². The molecular formula is C28H24FNO3S. The maximum Gasteiger partial charge on any atom is 0.241 e. The first-order chi connectivity index (χ1) is 16.3. The van der Waals surface area contributed by atoms with Gasteiger partial charge in [-0.05, 0) is 42.3 Å². The van der Waals surface area contributed by atoms with Gasteiger partial charge >= 0.3 is 0 Å². The Morgan fingerprint density at radius 1 is 0.735 bits per heavy atom. The zero-order chi connectivity index (χ0) is 24.1. The standard InChI is InChI=1S/C28H24FNO3S/c1-20-12-18-25(19-13-20)34(32,33)30-27(22-14-16-24(29)17-15-22)26(21-8-4-2-5-9-21)28(31)23-10-6-3-7-11-23/h2-19,26-27,30H,1H3/t26-,27+/m0/s1. The second kappa shape index (κ2) is 10.1. The summed E-state index contributed by atoms with van der Waals surface area (Å²) in [6.07, 6.45) is 0. The molecule has 1 N–H and O–H groups in total. The SMILES string of the molecule is Cc1ccc(S(=O)(=O)N[C@H](c2ccc(F)cc2)[C@@H](C(=O)c2ccccc2)c2ccccc2)cc1. The lowest BCUT2D eigenvalue weighted by molar-refractivity contribution is 0.0944. The molecule has 4 aromatic carbocycles. The van der Waals surface area contributed by atoms with Gasteiger partial charge in [0.05, 0.1) is 16.9 Å². The molecule has 172 valence electrons. The van der Waals surface area contributed by atoms with Crippen molar-refractivity contribution in [3.8, 4) is 0 Å². The summed E-state index contributed by atoms with van der Waals surface area (Å²) in [6.45, 7) is 1.87. The predicted octanol–water partition coefficient (Wildman–Crippen LogP) is 5.82.